The number of hydrogen-bond donors (Lipinski definition) is 1. The second-order valence-electron chi connectivity index (χ2n) is 8.56. The number of halogens is 3. The Morgan fingerprint density at radius 1 is 1.10 bits per heavy atom. The number of aliphatic hydroxyl groups is 1. The number of ether oxygens (including phenoxy) is 1. The van der Waals surface area contributed by atoms with Gasteiger partial charge in [-0.25, -0.2) is 0 Å². The van der Waals surface area contributed by atoms with Crippen LogP contribution in [-0.2, 0) is 15.3 Å². The summed E-state index contributed by atoms with van der Waals surface area (Å²) in [6.07, 6.45) is 0. The molecule has 1 aliphatic rings. The first-order valence-corrected chi connectivity index (χ1v) is 15.3. The maximum atomic E-state index is 13.4. The molecule has 1 aromatic heterocycles. The lowest BCUT2D eigenvalue weighted by molar-refractivity contribution is -0.132. The molecule has 2 heterocycles. The van der Waals surface area contributed by atoms with E-state index in [1.807, 2.05) is 19.1 Å². The Kier molecular flexibility index (Phi) is 8.82. The van der Waals surface area contributed by atoms with Crippen molar-refractivity contribution in [3.05, 3.63) is 104 Å². The van der Waals surface area contributed by atoms with Gasteiger partial charge in [-0.2, -0.15) is 0 Å². The summed E-state index contributed by atoms with van der Waals surface area (Å²) in [5, 5.41) is 21.1. The van der Waals surface area contributed by atoms with Crippen molar-refractivity contribution in [2.75, 3.05) is 11.5 Å². The number of nitrogens with zero attached hydrogens (tertiary/aromatic N) is 3. The van der Waals surface area contributed by atoms with Gasteiger partial charge in [-0.1, -0.05) is 80.4 Å². The van der Waals surface area contributed by atoms with Crippen LogP contribution < -0.4 is 9.64 Å². The number of anilines is 1. The summed E-state index contributed by atoms with van der Waals surface area (Å²) in [4.78, 5) is 28.1. The van der Waals surface area contributed by atoms with E-state index in [9.17, 15) is 14.7 Å². The summed E-state index contributed by atoms with van der Waals surface area (Å²) in [6.45, 7) is 2.37. The Balaban J connectivity index is 1.52. The third-order valence-corrected chi connectivity index (χ3v) is 9.20. The molecule has 1 unspecified atom stereocenters. The zero-order chi connectivity index (χ0) is 28.4. The number of rotatable bonds is 8. The van der Waals surface area contributed by atoms with E-state index in [0.29, 0.717) is 43.6 Å². The van der Waals surface area contributed by atoms with E-state index in [0.717, 1.165) is 10.0 Å². The summed E-state index contributed by atoms with van der Waals surface area (Å²) in [5.74, 6) is -0.761. The molecule has 0 aliphatic carbocycles. The topological polar surface area (TPSA) is 92.6 Å². The number of carbonyl (C=O) groups is 2. The highest BCUT2D eigenvalue weighted by atomic mass is 79.9. The summed E-state index contributed by atoms with van der Waals surface area (Å²) < 4.78 is 6.82. The lowest BCUT2D eigenvalue weighted by Gasteiger charge is -2.22. The number of carbonyl (C=O) groups excluding carboxylic acids is 2. The number of amides is 1. The fourth-order valence-corrected chi connectivity index (χ4v) is 7.03. The number of Topliss-reactive ketones (excluding diaryl/α,β-unsaturated/α-hetero) is 1. The van der Waals surface area contributed by atoms with Crippen molar-refractivity contribution in [2.24, 2.45) is 0 Å². The molecule has 12 heteroatoms. The average Bonchev–Trinajstić information content (AvgIpc) is 3.50. The van der Waals surface area contributed by atoms with Crippen LogP contribution in [0, 0.1) is 0 Å². The molecule has 3 aromatic carbocycles. The smallest absolute Gasteiger partial charge is 0.301 e. The monoisotopic (exact) mass is 675 g/mol. The molecule has 204 valence electrons. The van der Waals surface area contributed by atoms with Crippen molar-refractivity contribution >= 4 is 84.8 Å². The summed E-state index contributed by atoms with van der Waals surface area (Å²) in [6, 6.07) is 18.3. The van der Waals surface area contributed by atoms with Gasteiger partial charge in [0.05, 0.1) is 18.2 Å². The Morgan fingerprint density at radius 2 is 1.88 bits per heavy atom. The number of thioether (sulfide) groups is 1. The quantitative estimate of drug-likeness (QED) is 0.0666. The van der Waals surface area contributed by atoms with Crippen LogP contribution in [0.3, 0.4) is 0 Å². The first-order chi connectivity index (χ1) is 19.3. The average molecular weight is 677 g/mol. The molecule has 1 N–H and O–H groups in total. The molecule has 0 saturated carbocycles. The van der Waals surface area contributed by atoms with Crippen LogP contribution in [0.2, 0.25) is 10.0 Å². The van der Waals surface area contributed by atoms with Crippen LogP contribution in [0.5, 0.6) is 5.75 Å². The molecule has 1 atom stereocenters. The van der Waals surface area contributed by atoms with Crippen LogP contribution >= 0.6 is 62.2 Å². The number of ketones is 1. The molecule has 0 bridgehead atoms. The zero-order valence-electron chi connectivity index (χ0n) is 20.8. The second kappa shape index (κ2) is 12.3. The second-order valence-corrected chi connectivity index (χ2v) is 12.5. The number of aromatic nitrogens is 2. The molecule has 4 aromatic rings. The normalized spacial score (nSPS) is 16.5. The van der Waals surface area contributed by atoms with Crippen LogP contribution in [0.25, 0.3) is 5.76 Å². The number of aliphatic hydroxyl groups excluding tert-OH is 1. The van der Waals surface area contributed by atoms with Gasteiger partial charge in [-0.05, 0) is 66.6 Å². The Morgan fingerprint density at radius 3 is 2.58 bits per heavy atom. The number of benzene rings is 3. The van der Waals surface area contributed by atoms with E-state index in [1.54, 1.807) is 54.6 Å². The molecule has 7 nitrogen and oxygen atoms in total. The molecule has 0 spiro atoms. The van der Waals surface area contributed by atoms with E-state index in [-0.39, 0.29) is 16.5 Å². The molecular weight excluding hydrogens is 657 g/mol. The van der Waals surface area contributed by atoms with E-state index in [1.165, 1.54) is 28.0 Å². The maximum absolute atomic E-state index is 13.4. The summed E-state index contributed by atoms with van der Waals surface area (Å²) in [7, 11) is 0. The highest BCUT2D eigenvalue weighted by Gasteiger charge is 2.48. The van der Waals surface area contributed by atoms with Crippen molar-refractivity contribution < 1.29 is 19.4 Å². The minimum Gasteiger partial charge on any atom is -0.507 e. The van der Waals surface area contributed by atoms with Crippen LogP contribution in [0.4, 0.5) is 5.13 Å². The van der Waals surface area contributed by atoms with Gasteiger partial charge in [0, 0.05) is 25.8 Å². The van der Waals surface area contributed by atoms with Crippen molar-refractivity contribution in [3.8, 4) is 5.75 Å². The highest BCUT2D eigenvalue weighted by Crippen LogP contribution is 2.44. The van der Waals surface area contributed by atoms with Gasteiger partial charge in [-0.15, -0.1) is 10.2 Å². The van der Waals surface area contributed by atoms with Crippen molar-refractivity contribution in [2.45, 2.75) is 23.1 Å². The molecule has 1 aliphatic heterocycles. The molecule has 1 saturated heterocycles. The minimum atomic E-state index is -0.916. The largest absolute Gasteiger partial charge is 0.507 e. The van der Waals surface area contributed by atoms with Crippen LogP contribution in [-0.4, -0.2) is 33.6 Å². The molecular formula is C28H20BrCl2N3O4S2. The fourth-order valence-electron chi connectivity index (χ4n) is 4.19. The third-order valence-electron chi connectivity index (χ3n) is 6.02. The van der Waals surface area contributed by atoms with Gasteiger partial charge in [0.15, 0.2) is 4.34 Å². The lowest BCUT2D eigenvalue weighted by Crippen LogP contribution is -2.29. The molecule has 1 amide bonds. The molecule has 1 fully saturated rings. The number of hydrogen-bond acceptors (Lipinski definition) is 8. The van der Waals surface area contributed by atoms with Gasteiger partial charge >= 0.3 is 5.91 Å². The zero-order valence-corrected chi connectivity index (χ0v) is 25.5. The van der Waals surface area contributed by atoms with Crippen molar-refractivity contribution in [1.29, 1.82) is 0 Å². The van der Waals surface area contributed by atoms with Gasteiger partial charge in [-0.3, -0.25) is 14.5 Å². The SMILES string of the molecule is CCOc1ccc(/C(O)=C2/C(=O)C(=O)N(c3nnc(SCc4ccc(Cl)cc4Cl)s3)C2c2cccc(Br)c2)cc1. The van der Waals surface area contributed by atoms with Crippen molar-refractivity contribution in [1.82, 2.24) is 10.2 Å². The first kappa shape index (κ1) is 28.6. The van der Waals surface area contributed by atoms with E-state index < -0.39 is 17.7 Å². The predicted molar refractivity (Wildman–Crippen MR) is 162 cm³/mol. The fraction of sp³-hybridized carbons (Fsp3) is 0.143. The van der Waals surface area contributed by atoms with Gasteiger partial charge in [0.25, 0.3) is 5.78 Å². The first-order valence-electron chi connectivity index (χ1n) is 12.0. The predicted octanol–water partition coefficient (Wildman–Crippen LogP) is 7.92. The lowest BCUT2D eigenvalue weighted by atomic mass is 9.95. The van der Waals surface area contributed by atoms with E-state index in [4.69, 9.17) is 27.9 Å². The Labute approximate surface area is 256 Å². The third kappa shape index (κ3) is 5.91. The van der Waals surface area contributed by atoms with Crippen LogP contribution in [0.15, 0.2) is 81.1 Å². The van der Waals surface area contributed by atoms with Gasteiger partial charge in [0.1, 0.15) is 11.5 Å². The Hall–Kier alpha value is -2.89. The molecule has 40 heavy (non-hydrogen) atoms. The Bertz CT molecular complexity index is 1630. The van der Waals surface area contributed by atoms with Crippen LogP contribution in [0.1, 0.15) is 29.7 Å². The minimum absolute atomic E-state index is 0.0374. The molecule has 5 rings (SSSR count). The van der Waals surface area contributed by atoms with Gasteiger partial charge < -0.3 is 9.84 Å². The van der Waals surface area contributed by atoms with Gasteiger partial charge in [0.2, 0.25) is 5.13 Å². The summed E-state index contributed by atoms with van der Waals surface area (Å²) >= 11 is 18.3. The standard InChI is InChI=1S/C28H20BrCl2N3O4S2/c1-2-38-20-10-7-15(8-11-20)24(35)22-23(16-4-3-5-18(29)12-16)34(26(37)25(22)36)27-32-33-28(40-27)39-14-17-6-9-19(30)13-21(17)31/h3-13,23,35H,2,14H2,1H3/b24-22-. The van der Waals surface area contributed by atoms with Crippen molar-refractivity contribution in [3.63, 3.8) is 0 Å². The molecule has 0 radical (unpaired) electrons. The highest BCUT2D eigenvalue weighted by molar-refractivity contribution is 9.10. The van der Waals surface area contributed by atoms with E-state index >= 15 is 0 Å². The maximum Gasteiger partial charge on any atom is 0.301 e. The van der Waals surface area contributed by atoms with E-state index in [2.05, 4.69) is 26.1 Å². The summed E-state index contributed by atoms with van der Waals surface area (Å²) in [5.41, 5.74) is 1.84.